The Morgan fingerprint density at radius 2 is 2.25 bits per heavy atom. The van der Waals surface area contributed by atoms with E-state index in [1.165, 1.54) is 5.56 Å². The summed E-state index contributed by atoms with van der Waals surface area (Å²) in [7, 11) is 0. The van der Waals surface area contributed by atoms with Gasteiger partial charge in [0.2, 0.25) is 11.8 Å². The van der Waals surface area contributed by atoms with Crippen molar-refractivity contribution in [1.82, 2.24) is 4.90 Å². The van der Waals surface area contributed by atoms with Crippen LogP contribution >= 0.6 is 0 Å². The Hall–Kier alpha value is -1.88. The SMILES string of the molecule is C[C@H]1CCCN(C(=O)CCCc2ccc3c(c2)CC(=O)N3)[C@@H]1CN. The Morgan fingerprint density at radius 1 is 1.42 bits per heavy atom. The van der Waals surface area contributed by atoms with E-state index >= 15 is 0 Å². The Bertz CT molecular complexity index is 629. The molecule has 1 aromatic carbocycles. The Balaban J connectivity index is 1.52. The van der Waals surface area contributed by atoms with Crippen LogP contribution in [0.1, 0.15) is 43.7 Å². The summed E-state index contributed by atoms with van der Waals surface area (Å²) in [5.41, 5.74) is 9.06. The first-order valence-corrected chi connectivity index (χ1v) is 8.99. The standard InChI is InChI=1S/C19H27N3O2/c1-13-4-3-9-22(17(13)12-20)19(24)6-2-5-14-7-8-16-15(10-14)11-18(23)21-16/h7-8,10,13,17H,2-6,9,11-12,20H2,1H3,(H,21,23)/t13-,17+/m0/s1. The molecule has 2 aliphatic heterocycles. The maximum Gasteiger partial charge on any atom is 0.228 e. The summed E-state index contributed by atoms with van der Waals surface area (Å²) in [6, 6.07) is 6.29. The monoisotopic (exact) mass is 329 g/mol. The van der Waals surface area contributed by atoms with Gasteiger partial charge in [0.15, 0.2) is 0 Å². The summed E-state index contributed by atoms with van der Waals surface area (Å²) in [6.07, 6.45) is 4.97. The molecule has 130 valence electrons. The predicted molar refractivity (Wildman–Crippen MR) is 94.7 cm³/mol. The molecule has 24 heavy (non-hydrogen) atoms. The molecule has 0 saturated carbocycles. The number of aryl methyl sites for hydroxylation is 1. The number of amides is 2. The minimum Gasteiger partial charge on any atom is -0.338 e. The lowest BCUT2D eigenvalue weighted by molar-refractivity contribution is -0.136. The molecule has 3 N–H and O–H groups in total. The van der Waals surface area contributed by atoms with Gasteiger partial charge in [-0.25, -0.2) is 0 Å². The number of carbonyl (C=O) groups excluding carboxylic acids is 2. The van der Waals surface area contributed by atoms with Gasteiger partial charge in [-0.15, -0.1) is 0 Å². The molecule has 1 saturated heterocycles. The summed E-state index contributed by atoms with van der Waals surface area (Å²) in [6.45, 7) is 3.59. The number of benzene rings is 1. The topological polar surface area (TPSA) is 75.4 Å². The van der Waals surface area contributed by atoms with Crippen molar-refractivity contribution in [3.8, 4) is 0 Å². The van der Waals surface area contributed by atoms with Crippen LogP contribution in [0.2, 0.25) is 0 Å². The number of nitrogens with two attached hydrogens (primary N) is 1. The van der Waals surface area contributed by atoms with E-state index in [-0.39, 0.29) is 17.9 Å². The van der Waals surface area contributed by atoms with Gasteiger partial charge in [-0.3, -0.25) is 9.59 Å². The lowest BCUT2D eigenvalue weighted by Gasteiger charge is -2.39. The van der Waals surface area contributed by atoms with Crippen LogP contribution in [0.3, 0.4) is 0 Å². The number of rotatable bonds is 5. The molecule has 2 amide bonds. The van der Waals surface area contributed by atoms with Crippen LogP contribution in [-0.2, 0) is 22.4 Å². The van der Waals surface area contributed by atoms with Crippen molar-refractivity contribution in [3.63, 3.8) is 0 Å². The van der Waals surface area contributed by atoms with Crippen molar-refractivity contribution >= 4 is 17.5 Å². The number of anilines is 1. The van der Waals surface area contributed by atoms with Crippen molar-refractivity contribution in [3.05, 3.63) is 29.3 Å². The second-order valence-corrected chi connectivity index (χ2v) is 7.08. The second kappa shape index (κ2) is 7.34. The van der Waals surface area contributed by atoms with Gasteiger partial charge in [0, 0.05) is 31.2 Å². The summed E-state index contributed by atoms with van der Waals surface area (Å²) in [5, 5.41) is 2.85. The third-order valence-corrected chi connectivity index (χ3v) is 5.33. The van der Waals surface area contributed by atoms with Gasteiger partial charge in [-0.1, -0.05) is 19.1 Å². The first-order valence-electron chi connectivity index (χ1n) is 8.99. The van der Waals surface area contributed by atoms with Gasteiger partial charge >= 0.3 is 0 Å². The average Bonchev–Trinajstić information content (AvgIpc) is 2.93. The molecule has 0 aromatic heterocycles. The Kier molecular flexibility index (Phi) is 5.19. The number of hydrogen-bond acceptors (Lipinski definition) is 3. The lowest BCUT2D eigenvalue weighted by atomic mass is 9.90. The molecule has 0 bridgehead atoms. The molecule has 2 atom stereocenters. The van der Waals surface area contributed by atoms with E-state index < -0.39 is 0 Å². The van der Waals surface area contributed by atoms with Crippen LogP contribution < -0.4 is 11.1 Å². The van der Waals surface area contributed by atoms with E-state index in [1.807, 2.05) is 17.0 Å². The van der Waals surface area contributed by atoms with Crippen LogP contribution in [0.25, 0.3) is 0 Å². The van der Waals surface area contributed by atoms with Crippen LogP contribution in [0.4, 0.5) is 5.69 Å². The molecule has 5 heteroatoms. The van der Waals surface area contributed by atoms with Crippen LogP contribution in [0.5, 0.6) is 0 Å². The van der Waals surface area contributed by atoms with Crippen molar-refractivity contribution in [1.29, 1.82) is 0 Å². The van der Waals surface area contributed by atoms with Crippen molar-refractivity contribution in [2.24, 2.45) is 11.7 Å². The van der Waals surface area contributed by atoms with E-state index in [0.29, 0.717) is 25.3 Å². The number of nitrogens with zero attached hydrogens (tertiary/aromatic N) is 1. The summed E-state index contributed by atoms with van der Waals surface area (Å²) < 4.78 is 0. The number of nitrogens with one attached hydrogen (secondary N) is 1. The van der Waals surface area contributed by atoms with Crippen molar-refractivity contribution < 1.29 is 9.59 Å². The largest absolute Gasteiger partial charge is 0.338 e. The van der Waals surface area contributed by atoms with Crippen LogP contribution in [0.15, 0.2) is 18.2 Å². The maximum absolute atomic E-state index is 12.5. The highest BCUT2D eigenvalue weighted by atomic mass is 16.2. The summed E-state index contributed by atoms with van der Waals surface area (Å²) >= 11 is 0. The van der Waals surface area contributed by atoms with E-state index in [2.05, 4.69) is 18.3 Å². The molecule has 1 fully saturated rings. The zero-order valence-corrected chi connectivity index (χ0v) is 14.4. The Labute approximate surface area is 143 Å². The molecular formula is C19H27N3O2. The molecule has 2 heterocycles. The first kappa shape index (κ1) is 17.0. The van der Waals surface area contributed by atoms with E-state index in [9.17, 15) is 9.59 Å². The van der Waals surface area contributed by atoms with Crippen LogP contribution in [0, 0.1) is 5.92 Å². The molecule has 0 spiro atoms. The quantitative estimate of drug-likeness (QED) is 0.868. The number of hydrogen-bond donors (Lipinski definition) is 2. The van der Waals surface area contributed by atoms with Gasteiger partial charge in [0.25, 0.3) is 0 Å². The van der Waals surface area contributed by atoms with Gasteiger partial charge in [0.1, 0.15) is 0 Å². The highest BCUT2D eigenvalue weighted by Crippen LogP contribution is 2.26. The molecule has 1 aromatic rings. The van der Waals surface area contributed by atoms with Gasteiger partial charge in [-0.2, -0.15) is 0 Å². The number of carbonyl (C=O) groups is 2. The van der Waals surface area contributed by atoms with E-state index in [0.717, 1.165) is 43.5 Å². The fourth-order valence-corrected chi connectivity index (χ4v) is 3.94. The molecular weight excluding hydrogens is 302 g/mol. The van der Waals surface area contributed by atoms with Gasteiger partial charge in [-0.05, 0) is 48.8 Å². The number of likely N-dealkylation sites (tertiary alicyclic amines) is 1. The molecule has 5 nitrogen and oxygen atoms in total. The highest BCUT2D eigenvalue weighted by Gasteiger charge is 2.30. The second-order valence-electron chi connectivity index (χ2n) is 7.08. The van der Waals surface area contributed by atoms with Crippen LogP contribution in [-0.4, -0.2) is 35.8 Å². The third-order valence-electron chi connectivity index (χ3n) is 5.33. The van der Waals surface area contributed by atoms with Crippen molar-refractivity contribution in [2.45, 2.75) is 51.5 Å². The molecule has 2 aliphatic rings. The normalized spacial score (nSPS) is 23.1. The maximum atomic E-state index is 12.5. The number of fused-ring (bicyclic) bond motifs is 1. The molecule has 3 rings (SSSR count). The fraction of sp³-hybridized carbons (Fsp3) is 0.579. The smallest absolute Gasteiger partial charge is 0.228 e. The number of piperidine rings is 1. The minimum absolute atomic E-state index is 0.0596. The third kappa shape index (κ3) is 3.61. The van der Waals surface area contributed by atoms with Gasteiger partial charge < -0.3 is 16.0 Å². The first-order chi connectivity index (χ1) is 11.6. The zero-order chi connectivity index (χ0) is 17.1. The van der Waals surface area contributed by atoms with Gasteiger partial charge in [0.05, 0.1) is 6.42 Å². The van der Waals surface area contributed by atoms with Crippen molar-refractivity contribution in [2.75, 3.05) is 18.4 Å². The Morgan fingerprint density at radius 3 is 3.04 bits per heavy atom. The van der Waals surface area contributed by atoms with E-state index in [4.69, 9.17) is 5.73 Å². The molecule has 0 aliphatic carbocycles. The van der Waals surface area contributed by atoms with E-state index in [1.54, 1.807) is 0 Å². The average molecular weight is 329 g/mol. The molecule has 0 radical (unpaired) electrons. The summed E-state index contributed by atoms with van der Waals surface area (Å²) in [5.74, 6) is 0.786. The minimum atomic E-state index is 0.0596. The molecule has 0 unspecified atom stereocenters. The zero-order valence-electron chi connectivity index (χ0n) is 14.4. The fourth-order valence-electron chi connectivity index (χ4n) is 3.94. The predicted octanol–water partition coefficient (Wildman–Crippen LogP) is 2.09. The highest BCUT2D eigenvalue weighted by molar-refractivity contribution is 5.99. The summed E-state index contributed by atoms with van der Waals surface area (Å²) in [4.78, 5) is 26.0. The lowest BCUT2D eigenvalue weighted by Crippen LogP contribution is -2.51.